The van der Waals surface area contributed by atoms with Crippen LogP contribution in [0.3, 0.4) is 0 Å². The molecule has 0 spiro atoms. The molecule has 0 aromatic rings. The highest BCUT2D eigenvalue weighted by atomic mass is 16.5. The first kappa shape index (κ1) is 16.9. The van der Waals surface area contributed by atoms with Crippen LogP contribution in [0.2, 0.25) is 0 Å². The fourth-order valence-corrected chi connectivity index (χ4v) is 1.72. The van der Waals surface area contributed by atoms with Crippen molar-refractivity contribution in [2.45, 2.75) is 40.2 Å². The highest BCUT2D eigenvalue weighted by molar-refractivity contribution is 4.72. The van der Waals surface area contributed by atoms with E-state index in [0.717, 1.165) is 32.2 Å². The number of rotatable bonds is 10. The number of nitrogens with zero attached hydrogens (tertiary/aromatic N) is 1. The fraction of sp³-hybridized carbons (Fsp3) is 1.00. The Labute approximate surface area is 108 Å². The summed E-state index contributed by atoms with van der Waals surface area (Å²) in [5.74, 6) is 1.48. The van der Waals surface area contributed by atoms with Crippen molar-refractivity contribution in [2.24, 2.45) is 11.8 Å². The smallest absolute Gasteiger partial charge is 0.0630 e. The standard InChI is InChI=1S/C14H32N2O/c1-12(2)7-8-16(5)14(11-17-6)10-15-9-13(3)4/h12-15H,7-11H2,1-6H3. The Kier molecular flexibility index (Phi) is 9.79. The van der Waals surface area contributed by atoms with Gasteiger partial charge in [-0.2, -0.15) is 0 Å². The van der Waals surface area contributed by atoms with E-state index in [2.05, 4.69) is 45.0 Å². The third-order valence-electron chi connectivity index (χ3n) is 2.97. The molecule has 0 radical (unpaired) electrons. The van der Waals surface area contributed by atoms with E-state index in [-0.39, 0.29) is 0 Å². The van der Waals surface area contributed by atoms with Gasteiger partial charge < -0.3 is 10.1 Å². The summed E-state index contributed by atoms with van der Waals surface area (Å²) < 4.78 is 5.31. The second kappa shape index (κ2) is 9.86. The number of likely N-dealkylation sites (N-methyl/N-ethyl adjacent to an activating group) is 1. The van der Waals surface area contributed by atoms with Gasteiger partial charge in [0.2, 0.25) is 0 Å². The summed E-state index contributed by atoms with van der Waals surface area (Å²) in [5.41, 5.74) is 0. The lowest BCUT2D eigenvalue weighted by molar-refractivity contribution is 0.102. The van der Waals surface area contributed by atoms with Crippen LogP contribution in [0.15, 0.2) is 0 Å². The van der Waals surface area contributed by atoms with Crippen LogP contribution in [0.25, 0.3) is 0 Å². The second-order valence-corrected chi connectivity index (χ2v) is 5.82. The molecule has 0 amide bonds. The summed E-state index contributed by atoms with van der Waals surface area (Å²) in [6.07, 6.45) is 1.25. The van der Waals surface area contributed by atoms with Crippen LogP contribution in [0.4, 0.5) is 0 Å². The summed E-state index contributed by atoms with van der Waals surface area (Å²) in [5, 5.41) is 3.52. The zero-order valence-electron chi connectivity index (χ0n) is 12.6. The largest absolute Gasteiger partial charge is 0.383 e. The lowest BCUT2D eigenvalue weighted by Gasteiger charge is -2.28. The molecule has 0 bridgehead atoms. The molecular weight excluding hydrogens is 212 g/mol. The topological polar surface area (TPSA) is 24.5 Å². The van der Waals surface area contributed by atoms with E-state index in [9.17, 15) is 0 Å². The van der Waals surface area contributed by atoms with Crippen molar-refractivity contribution in [3.8, 4) is 0 Å². The van der Waals surface area contributed by atoms with Crippen LogP contribution in [0, 0.1) is 11.8 Å². The average Bonchev–Trinajstić information content (AvgIpc) is 2.24. The Morgan fingerprint density at radius 3 is 2.18 bits per heavy atom. The average molecular weight is 244 g/mol. The van der Waals surface area contributed by atoms with Gasteiger partial charge >= 0.3 is 0 Å². The van der Waals surface area contributed by atoms with Crippen LogP contribution in [0.1, 0.15) is 34.1 Å². The van der Waals surface area contributed by atoms with Crippen LogP contribution in [-0.2, 0) is 4.74 Å². The van der Waals surface area contributed by atoms with Crippen molar-refractivity contribution < 1.29 is 4.74 Å². The van der Waals surface area contributed by atoms with Gasteiger partial charge in [-0.3, -0.25) is 4.90 Å². The van der Waals surface area contributed by atoms with Gasteiger partial charge in [0.25, 0.3) is 0 Å². The number of hydrogen-bond donors (Lipinski definition) is 1. The minimum atomic E-state index is 0.484. The third kappa shape index (κ3) is 9.57. The Balaban J connectivity index is 3.93. The molecule has 0 fully saturated rings. The fourth-order valence-electron chi connectivity index (χ4n) is 1.72. The van der Waals surface area contributed by atoms with Crippen molar-refractivity contribution in [3.05, 3.63) is 0 Å². The second-order valence-electron chi connectivity index (χ2n) is 5.82. The number of hydrogen-bond acceptors (Lipinski definition) is 3. The minimum absolute atomic E-state index is 0.484. The third-order valence-corrected chi connectivity index (χ3v) is 2.97. The Morgan fingerprint density at radius 1 is 1.06 bits per heavy atom. The van der Waals surface area contributed by atoms with Crippen molar-refractivity contribution in [2.75, 3.05) is 40.4 Å². The molecule has 0 saturated carbocycles. The lowest BCUT2D eigenvalue weighted by atomic mass is 10.1. The number of ether oxygens (including phenoxy) is 1. The van der Waals surface area contributed by atoms with E-state index in [4.69, 9.17) is 4.74 Å². The molecule has 0 heterocycles. The molecule has 17 heavy (non-hydrogen) atoms. The zero-order chi connectivity index (χ0) is 13.3. The number of methoxy groups -OCH3 is 1. The Hall–Kier alpha value is -0.120. The Morgan fingerprint density at radius 2 is 1.71 bits per heavy atom. The van der Waals surface area contributed by atoms with Crippen LogP contribution < -0.4 is 5.32 Å². The molecule has 3 heteroatoms. The first-order valence-corrected chi connectivity index (χ1v) is 6.87. The van der Waals surface area contributed by atoms with E-state index in [1.54, 1.807) is 7.11 Å². The minimum Gasteiger partial charge on any atom is -0.383 e. The monoisotopic (exact) mass is 244 g/mol. The van der Waals surface area contributed by atoms with Crippen molar-refractivity contribution in [1.29, 1.82) is 0 Å². The first-order chi connectivity index (χ1) is 7.97. The van der Waals surface area contributed by atoms with Gasteiger partial charge in [-0.1, -0.05) is 27.7 Å². The molecule has 0 aliphatic rings. The van der Waals surface area contributed by atoms with E-state index in [0.29, 0.717) is 12.0 Å². The summed E-state index contributed by atoms with van der Waals surface area (Å²) in [4.78, 5) is 2.41. The van der Waals surface area contributed by atoms with Gasteiger partial charge in [0.05, 0.1) is 6.61 Å². The molecule has 1 N–H and O–H groups in total. The molecule has 0 rings (SSSR count). The van der Waals surface area contributed by atoms with Crippen molar-refractivity contribution in [3.63, 3.8) is 0 Å². The van der Waals surface area contributed by atoms with Gasteiger partial charge in [0.15, 0.2) is 0 Å². The first-order valence-electron chi connectivity index (χ1n) is 6.87. The Bertz CT molecular complexity index is 172. The number of nitrogens with one attached hydrogen (secondary N) is 1. The van der Waals surface area contributed by atoms with E-state index >= 15 is 0 Å². The molecule has 104 valence electrons. The van der Waals surface area contributed by atoms with Gasteiger partial charge in [-0.05, 0) is 38.4 Å². The van der Waals surface area contributed by atoms with Gasteiger partial charge in [0.1, 0.15) is 0 Å². The van der Waals surface area contributed by atoms with Crippen LogP contribution >= 0.6 is 0 Å². The molecule has 3 nitrogen and oxygen atoms in total. The summed E-state index contributed by atoms with van der Waals surface area (Å²) in [7, 11) is 3.98. The summed E-state index contributed by atoms with van der Waals surface area (Å²) in [6, 6.07) is 0.484. The molecule has 0 saturated heterocycles. The van der Waals surface area contributed by atoms with Gasteiger partial charge in [-0.15, -0.1) is 0 Å². The van der Waals surface area contributed by atoms with Crippen molar-refractivity contribution >= 4 is 0 Å². The molecule has 0 aliphatic heterocycles. The molecule has 1 atom stereocenters. The predicted molar refractivity (Wildman–Crippen MR) is 75.5 cm³/mol. The maximum absolute atomic E-state index is 5.31. The molecular formula is C14H32N2O. The van der Waals surface area contributed by atoms with E-state index in [1.807, 2.05) is 0 Å². The SMILES string of the molecule is COCC(CNCC(C)C)N(C)CCC(C)C. The normalized spacial score (nSPS) is 13.9. The van der Waals surface area contributed by atoms with Crippen LogP contribution in [0.5, 0.6) is 0 Å². The van der Waals surface area contributed by atoms with E-state index in [1.165, 1.54) is 6.42 Å². The molecule has 0 aromatic carbocycles. The molecule has 1 unspecified atom stereocenters. The zero-order valence-corrected chi connectivity index (χ0v) is 12.6. The molecule has 0 aromatic heterocycles. The highest BCUT2D eigenvalue weighted by Crippen LogP contribution is 2.04. The maximum atomic E-state index is 5.31. The summed E-state index contributed by atoms with van der Waals surface area (Å²) >= 11 is 0. The predicted octanol–water partition coefficient (Wildman–Crippen LogP) is 2.22. The molecule has 0 aliphatic carbocycles. The lowest BCUT2D eigenvalue weighted by Crippen LogP contribution is -2.44. The maximum Gasteiger partial charge on any atom is 0.0630 e. The quantitative estimate of drug-likeness (QED) is 0.638. The van der Waals surface area contributed by atoms with Crippen LogP contribution in [-0.4, -0.2) is 51.3 Å². The van der Waals surface area contributed by atoms with Gasteiger partial charge in [-0.25, -0.2) is 0 Å². The van der Waals surface area contributed by atoms with Crippen molar-refractivity contribution in [1.82, 2.24) is 10.2 Å². The van der Waals surface area contributed by atoms with E-state index < -0.39 is 0 Å². The highest BCUT2D eigenvalue weighted by Gasteiger charge is 2.14. The summed E-state index contributed by atoms with van der Waals surface area (Å²) in [6.45, 7) is 13.1. The van der Waals surface area contributed by atoms with Gasteiger partial charge in [0, 0.05) is 19.7 Å².